The Kier molecular flexibility index (Phi) is 7.13. The molecule has 1 unspecified atom stereocenters. The van der Waals surface area contributed by atoms with Crippen LogP contribution in [0, 0.1) is 11.3 Å². The van der Waals surface area contributed by atoms with Gasteiger partial charge in [-0.3, -0.25) is 9.59 Å². The molecule has 0 spiro atoms. The quantitative estimate of drug-likeness (QED) is 0.626. The van der Waals surface area contributed by atoms with Gasteiger partial charge in [0, 0.05) is 24.3 Å². The first-order valence-electron chi connectivity index (χ1n) is 13.0. The highest BCUT2D eigenvalue weighted by atomic mass is 16.7. The van der Waals surface area contributed by atoms with E-state index in [1.807, 2.05) is 30.9 Å². The number of benzene rings is 1. The summed E-state index contributed by atoms with van der Waals surface area (Å²) in [5.41, 5.74) is 4.49. The van der Waals surface area contributed by atoms with Crippen LogP contribution in [-0.4, -0.2) is 58.3 Å². The summed E-state index contributed by atoms with van der Waals surface area (Å²) in [5.74, 6) is -0.638. The first-order valence-corrected chi connectivity index (χ1v) is 13.0. The van der Waals surface area contributed by atoms with Crippen LogP contribution in [0.1, 0.15) is 85.7 Å². The van der Waals surface area contributed by atoms with E-state index >= 15 is 0 Å². The van der Waals surface area contributed by atoms with Crippen LogP contribution >= 0.6 is 0 Å². The van der Waals surface area contributed by atoms with Gasteiger partial charge in [0.05, 0.1) is 12.8 Å². The largest absolute Gasteiger partial charge is 0.347 e. The molecule has 3 heterocycles. The number of piperidine rings is 1. The summed E-state index contributed by atoms with van der Waals surface area (Å²) in [5, 5.41) is 12.0. The van der Waals surface area contributed by atoms with Crippen molar-refractivity contribution in [2.75, 3.05) is 25.0 Å². The van der Waals surface area contributed by atoms with Crippen molar-refractivity contribution in [3.05, 3.63) is 53.1 Å². The smallest absolute Gasteiger partial charge is 0.291 e. The Hall–Kier alpha value is -3.48. The number of nitriles is 1. The van der Waals surface area contributed by atoms with Gasteiger partial charge in [0.15, 0.2) is 17.7 Å². The summed E-state index contributed by atoms with van der Waals surface area (Å²) in [6, 6.07) is 8.20. The molecule has 194 valence electrons. The molecular formula is C28H33N5O4. The molecule has 1 aliphatic carbocycles. The third kappa shape index (κ3) is 5.60. The van der Waals surface area contributed by atoms with E-state index in [0.717, 1.165) is 43.4 Å². The minimum Gasteiger partial charge on any atom is -0.347 e. The number of anilines is 1. The number of ether oxygens (including phenoxy) is 2. The lowest BCUT2D eigenvalue weighted by atomic mass is 9.85. The molecule has 3 aliphatic rings. The molecule has 0 saturated carbocycles. The summed E-state index contributed by atoms with van der Waals surface area (Å²) in [6.07, 6.45) is 9.13. The number of aromatic amines is 1. The van der Waals surface area contributed by atoms with E-state index in [-0.39, 0.29) is 23.3 Å². The Bertz CT molecular complexity index is 1250. The van der Waals surface area contributed by atoms with E-state index in [4.69, 9.17) is 14.7 Å². The summed E-state index contributed by atoms with van der Waals surface area (Å²) in [4.78, 5) is 34.4. The number of allylic oxidation sites excluding steroid dienone is 2. The summed E-state index contributed by atoms with van der Waals surface area (Å²) >= 11 is 0. The second-order valence-corrected chi connectivity index (χ2v) is 10.4. The molecule has 1 atom stereocenters. The summed E-state index contributed by atoms with van der Waals surface area (Å²) in [7, 11) is 0. The number of hydrogen-bond donors (Lipinski definition) is 2. The van der Waals surface area contributed by atoms with Crippen molar-refractivity contribution in [2.24, 2.45) is 0 Å². The zero-order valence-electron chi connectivity index (χ0n) is 21.4. The number of carbonyl (C=O) groups excluding carboxylic acids is 2. The normalized spacial score (nSPS) is 21.8. The molecular weight excluding hydrogens is 470 g/mol. The van der Waals surface area contributed by atoms with Crippen LogP contribution in [0.2, 0.25) is 0 Å². The number of likely N-dealkylation sites (tertiary alicyclic amines) is 1. The number of hydrogen-bond acceptors (Lipinski definition) is 6. The highest BCUT2D eigenvalue weighted by Gasteiger charge is 2.39. The van der Waals surface area contributed by atoms with Crippen molar-refractivity contribution >= 4 is 23.1 Å². The lowest BCUT2D eigenvalue weighted by Crippen LogP contribution is -2.44. The van der Waals surface area contributed by atoms with E-state index in [0.29, 0.717) is 25.6 Å². The van der Waals surface area contributed by atoms with Gasteiger partial charge in [0.2, 0.25) is 0 Å². The first-order chi connectivity index (χ1) is 17.8. The number of imidazole rings is 1. The molecule has 1 aromatic carbocycles. The fourth-order valence-electron chi connectivity index (χ4n) is 5.39. The minimum absolute atomic E-state index is 0.00705. The molecule has 9 nitrogen and oxygen atoms in total. The lowest BCUT2D eigenvalue weighted by Gasteiger charge is -2.34. The maximum atomic E-state index is 12.9. The highest BCUT2D eigenvalue weighted by Crippen LogP contribution is 2.37. The van der Waals surface area contributed by atoms with E-state index in [2.05, 4.69) is 33.5 Å². The van der Waals surface area contributed by atoms with Crippen LogP contribution in [0.3, 0.4) is 0 Å². The number of amides is 2. The van der Waals surface area contributed by atoms with Crippen LogP contribution in [0.15, 0.2) is 30.5 Å². The topological polar surface area (TPSA) is 120 Å². The molecule has 1 aromatic heterocycles. The van der Waals surface area contributed by atoms with Crippen molar-refractivity contribution in [3.63, 3.8) is 0 Å². The highest BCUT2D eigenvalue weighted by molar-refractivity contribution is 6.03. The molecule has 2 amide bonds. The number of H-pyrrole nitrogens is 1. The summed E-state index contributed by atoms with van der Waals surface area (Å²) in [6.45, 7) is 5.32. The second kappa shape index (κ2) is 10.5. The van der Waals surface area contributed by atoms with Gasteiger partial charge in [-0.1, -0.05) is 12.1 Å². The molecule has 9 heteroatoms. The van der Waals surface area contributed by atoms with Gasteiger partial charge in [-0.05, 0) is 81.6 Å². The average Bonchev–Trinajstić information content (AvgIpc) is 3.55. The molecule has 2 saturated heterocycles. The minimum atomic E-state index is -0.713. The summed E-state index contributed by atoms with van der Waals surface area (Å²) < 4.78 is 11.3. The fraction of sp³-hybridized carbons (Fsp3) is 0.500. The average molecular weight is 504 g/mol. The van der Waals surface area contributed by atoms with Gasteiger partial charge >= 0.3 is 0 Å². The van der Waals surface area contributed by atoms with E-state index < -0.39 is 11.9 Å². The molecule has 37 heavy (non-hydrogen) atoms. The van der Waals surface area contributed by atoms with Crippen molar-refractivity contribution in [1.82, 2.24) is 14.9 Å². The SMILES string of the molecule is CC1(C)OCC(C(=O)N2CCC(c3ccc(NC(=O)c4ncc(C#N)[nH]4)c(C4=CCCCC4)c3)CC2)O1. The van der Waals surface area contributed by atoms with Gasteiger partial charge in [-0.15, -0.1) is 0 Å². The van der Waals surface area contributed by atoms with Crippen molar-refractivity contribution in [2.45, 2.75) is 70.2 Å². The van der Waals surface area contributed by atoms with Crippen molar-refractivity contribution in [1.29, 1.82) is 5.26 Å². The molecule has 2 aliphatic heterocycles. The maximum Gasteiger partial charge on any atom is 0.291 e. The van der Waals surface area contributed by atoms with Crippen molar-refractivity contribution < 1.29 is 19.1 Å². The number of carbonyl (C=O) groups is 2. The number of aromatic nitrogens is 2. The Labute approximate surface area is 216 Å². The molecule has 2 aromatic rings. The van der Waals surface area contributed by atoms with E-state index in [1.165, 1.54) is 23.8 Å². The molecule has 0 bridgehead atoms. The molecule has 2 fully saturated rings. The van der Waals surface area contributed by atoms with Crippen LogP contribution in [0.4, 0.5) is 5.69 Å². The maximum absolute atomic E-state index is 12.9. The molecule has 2 N–H and O–H groups in total. The molecule has 5 rings (SSSR count). The standard InChI is InChI=1S/C28H33N5O4/c1-28(2)36-17-24(37-28)27(35)33-12-10-18(11-13-33)20-8-9-23(22(14-20)19-6-4-3-5-7-19)32-26(34)25-30-16-21(15-29)31-25/h6,8-9,14,16,18,24H,3-5,7,10-13,17H2,1-2H3,(H,30,31)(H,32,34). The van der Waals surface area contributed by atoms with Gasteiger partial charge in [0.1, 0.15) is 11.8 Å². The Morgan fingerprint density at radius 2 is 2.05 bits per heavy atom. The number of nitrogens with zero attached hydrogens (tertiary/aromatic N) is 3. The molecule has 0 radical (unpaired) electrons. The predicted molar refractivity (Wildman–Crippen MR) is 138 cm³/mol. The third-order valence-corrected chi connectivity index (χ3v) is 7.40. The van der Waals surface area contributed by atoms with Gasteiger partial charge < -0.3 is 24.7 Å². The monoisotopic (exact) mass is 503 g/mol. The van der Waals surface area contributed by atoms with E-state index in [1.54, 1.807) is 0 Å². The van der Waals surface area contributed by atoms with Crippen LogP contribution in [-0.2, 0) is 14.3 Å². The number of rotatable bonds is 5. The van der Waals surface area contributed by atoms with Gasteiger partial charge in [0.25, 0.3) is 11.8 Å². The Balaban J connectivity index is 1.30. The zero-order chi connectivity index (χ0) is 26.0. The Morgan fingerprint density at radius 3 is 2.70 bits per heavy atom. The van der Waals surface area contributed by atoms with Crippen LogP contribution in [0.25, 0.3) is 5.57 Å². The first kappa shape index (κ1) is 25.2. The van der Waals surface area contributed by atoms with Crippen LogP contribution in [0.5, 0.6) is 0 Å². The predicted octanol–water partition coefficient (Wildman–Crippen LogP) is 4.35. The van der Waals surface area contributed by atoms with Gasteiger partial charge in [-0.2, -0.15) is 5.26 Å². The third-order valence-electron chi connectivity index (χ3n) is 7.40. The number of nitrogens with one attached hydrogen (secondary N) is 2. The zero-order valence-corrected chi connectivity index (χ0v) is 21.4. The van der Waals surface area contributed by atoms with Gasteiger partial charge in [-0.25, -0.2) is 4.98 Å². The Morgan fingerprint density at radius 1 is 1.24 bits per heavy atom. The van der Waals surface area contributed by atoms with Crippen LogP contribution < -0.4 is 5.32 Å². The lowest BCUT2D eigenvalue weighted by molar-refractivity contribution is -0.160. The van der Waals surface area contributed by atoms with E-state index in [9.17, 15) is 9.59 Å². The fourth-order valence-corrected chi connectivity index (χ4v) is 5.39. The van der Waals surface area contributed by atoms with Crippen molar-refractivity contribution in [3.8, 4) is 6.07 Å². The second-order valence-electron chi connectivity index (χ2n) is 10.4.